The molecule has 0 aliphatic carbocycles. The first-order valence-corrected chi connectivity index (χ1v) is 4.42. The van der Waals surface area contributed by atoms with E-state index in [1.54, 1.807) is 12.1 Å². The second kappa shape index (κ2) is 3.24. The van der Waals surface area contributed by atoms with Gasteiger partial charge in [0.1, 0.15) is 5.58 Å². The number of nitrogens with two attached hydrogens (primary N) is 1. The van der Waals surface area contributed by atoms with Crippen LogP contribution in [0.25, 0.3) is 11.0 Å². The van der Waals surface area contributed by atoms with Crippen molar-refractivity contribution in [3.05, 3.63) is 45.8 Å². The molecule has 0 fully saturated rings. The zero-order chi connectivity index (χ0) is 11.0. The summed E-state index contributed by atoms with van der Waals surface area (Å²) in [6.45, 7) is 1.81. The third-order valence-corrected chi connectivity index (χ3v) is 2.24. The lowest BCUT2D eigenvalue weighted by Crippen LogP contribution is -2.10. The van der Waals surface area contributed by atoms with Crippen molar-refractivity contribution in [3.8, 4) is 0 Å². The van der Waals surface area contributed by atoms with Crippen molar-refractivity contribution in [2.24, 2.45) is 5.73 Å². The van der Waals surface area contributed by atoms with E-state index < -0.39 is 11.5 Å². The number of fused-ring (bicyclic) bond motifs is 1. The van der Waals surface area contributed by atoms with Crippen molar-refractivity contribution in [1.82, 2.24) is 0 Å². The Bertz CT molecular complexity index is 598. The molecule has 1 heterocycles. The quantitative estimate of drug-likeness (QED) is 0.707. The molecule has 0 atom stereocenters. The minimum absolute atomic E-state index is 0.330. The Morgan fingerprint density at radius 2 is 2.07 bits per heavy atom. The summed E-state index contributed by atoms with van der Waals surface area (Å²) < 4.78 is 4.97. The fraction of sp³-hybridized carbons (Fsp3) is 0.0909. The number of hydrogen-bond acceptors (Lipinski definition) is 3. The fourth-order valence-corrected chi connectivity index (χ4v) is 1.48. The Kier molecular flexibility index (Phi) is 2.04. The summed E-state index contributed by atoms with van der Waals surface area (Å²) in [5.41, 5.74) is 6.23. The summed E-state index contributed by atoms with van der Waals surface area (Å²) in [7, 11) is 0. The van der Waals surface area contributed by atoms with E-state index in [9.17, 15) is 9.59 Å². The van der Waals surface area contributed by atoms with Gasteiger partial charge >= 0.3 is 5.63 Å². The molecule has 1 amide bonds. The minimum Gasteiger partial charge on any atom is -0.423 e. The second-order valence-electron chi connectivity index (χ2n) is 3.32. The number of rotatable bonds is 1. The van der Waals surface area contributed by atoms with E-state index in [0.29, 0.717) is 11.1 Å². The Balaban J connectivity index is 2.82. The Labute approximate surface area is 85.3 Å². The van der Waals surface area contributed by atoms with Gasteiger partial charge in [0.15, 0.2) is 0 Å². The van der Waals surface area contributed by atoms with E-state index in [4.69, 9.17) is 10.2 Å². The first-order valence-electron chi connectivity index (χ1n) is 4.42. The smallest absolute Gasteiger partial charge is 0.336 e. The van der Waals surface area contributed by atoms with Gasteiger partial charge in [0, 0.05) is 17.0 Å². The molecule has 0 aliphatic heterocycles. The van der Waals surface area contributed by atoms with Gasteiger partial charge in [-0.2, -0.15) is 0 Å². The molecule has 0 spiro atoms. The predicted octanol–water partition coefficient (Wildman–Crippen LogP) is 1.20. The molecular formula is C11H9NO3. The van der Waals surface area contributed by atoms with E-state index in [-0.39, 0.29) is 0 Å². The normalized spacial score (nSPS) is 10.5. The summed E-state index contributed by atoms with van der Waals surface area (Å²) >= 11 is 0. The van der Waals surface area contributed by atoms with E-state index >= 15 is 0 Å². The highest BCUT2D eigenvalue weighted by Gasteiger charge is 2.05. The van der Waals surface area contributed by atoms with Crippen LogP contribution in [0.5, 0.6) is 0 Å². The molecule has 0 radical (unpaired) electrons. The molecule has 4 heteroatoms. The van der Waals surface area contributed by atoms with Crippen LogP contribution in [0.15, 0.2) is 33.5 Å². The zero-order valence-electron chi connectivity index (χ0n) is 8.11. The van der Waals surface area contributed by atoms with Gasteiger partial charge in [-0.1, -0.05) is 6.07 Å². The first kappa shape index (κ1) is 9.45. The monoisotopic (exact) mass is 203 g/mol. The summed E-state index contributed by atoms with van der Waals surface area (Å²) in [6, 6.07) is 6.21. The zero-order valence-corrected chi connectivity index (χ0v) is 8.11. The molecule has 2 aromatic rings. The van der Waals surface area contributed by atoms with Gasteiger partial charge in [0.2, 0.25) is 5.91 Å². The van der Waals surface area contributed by atoms with Gasteiger partial charge in [-0.05, 0) is 24.6 Å². The molecular weight excluding hydrogens is 194 g/mol. The van der Waals surface area contributed by atoms with E-state index in [0.717, 1.165) is 10.9 Å². The summed E-state index contributed by atoms with van der Waals surface area (Å²) in [6.07, 6.45) is 0. The number of carbonyl (C=O) groups excluding carboxylic acids is 1. The Morgan fingerprint density at radius 1 is 1.33 bits per heavy atom. The van der Waals surface area contributed by atoms with Crippen molar-refractivity contribution in [3.63, 3.8) is 0 Å². The second-order valence-corrected chi connectivity index (χ2v) is 3.32. The molecule has 4 nitrogen and oxygen atoms in total. The highest BCUT2D eigenvalue weighted by atomic mass is 16.4. The van der Waals surface area contributed by atoms with Crippen LogP contribution in [0, 0.1) is 6.92 Å². The maximum Gasteiger partial charge on any atom is 0.336 e. The van der Waals surface area contributed by atoms with Gasteiger partial charge in [-0.25, -0.2) is 4.79 Å². The summed E-state index contributed by atoms with van der Waals surface area (Å²) in [5.74, 6) is -0.541. The van der Waals surface area contributed by atoms with Crippen LogP contribution in [0.1, 0.15) is 15.9 Å². The van der Waals surface area contributed by atoms with Crippen molar-refractivity contribution < 1.29 is 9.21 Å². The molecule has 15 heavy (non-hydrogen) atoms. The lowest BCUT2D eigenvalue weighted by molar-refractivity contribution is 0.100. The van der Waals surface area contributed by atoms with Crippen LogP contribution in [0.3, 0.4) is 0 Å². The van der Waals surface area contributed by atoms with Crippen LogP contribution in [0.2, 0.25) is 0 Å². The van der Waals surface area contributed by atoms with Gasteiger partial charge in [-0.15, -0.1) is 0 Å². The molecule has 0 aliphatic rings. The number of carbonyl (C=O) groups is 1. The molecule has 2 rings (SSSR count). The maximum absolute atomic E-state index is 11.1. The van der Waals surface area contributed by atoms with Crippen LogP contribution in [-0.4, -0.2) is 5.91 Å². The van der Waals surface area contributed by atoms with Crippen LogP contribution < -0.4 is 11.4 Å². The molecule has 0 saturated carbocycles. The maximum atomic E-state index is 11.1. The van der Waals surface area contributed by atoms with E-state index in [1.807, 2.05) is 6.92 Å². The van der Waals surface area contributed by atoms with E-state index in [2.05, 4.69) is 0 Å². The number of benzene rings is 1. The fourth-order valence-electron chi connectivity index (χ4n) is 1.48. The molecule has 0 unspecified atom stereocenters. The SMILES string of the molecule is Cc1cc(=O)oc2cc(C(N)=O)ccc12. The lowest BCUT2D eigenvalue weighted by Gasteiger charge is -2.01. The number of hydrogen-bond donors (Lipinski definition) is 1. The largest absolute Gasteiger partial charge is 0.423 e. The van der Waals surface area contributed by atoms with Crippen LogP contribution >= 0.6 is 0 Å². The lowest BCUT2D eigenvalue weighted by atomic mass is 10.1. The average Bonchev–Trinajstić information content (AvgIpc) is 2.16. The number of primary amides is 1. The standard InChI is InChI=1S/C11H9NO3/c1-6-4-10(13)15-9-5-7(11(12)14)2-3-8(6)9/h2-5H,1H3,(H2,12,14). The molecule has 76 valence electrons. The minimum atomic E-state index is -0.541. The number of aryl methyl sites for hydroxylation is 1. The van der Waals surface area contributed by atoms with Gasteiger partial charge in [0.25, 0.3) is 0 Å². The van der Waals surface area contributed by atoms with Crippen molar-refractivity contribution in [2.45, 2.75) is 6.92 Å². The third kappa shape index (κ3) is 1.61. The summed E-state index contributed by atoms with van der Waals surface area (Å²) in [5, 5.41) is 0.805. The van der Waals surface area contributed by atoms with Crippen molar-refractivity contribution in [1.29, 1.82) is 0 Å². The van der Waals surface area contributed by atoms with Gasteiger partial charge in [-0.3, -0.25) is 4.79 Å². The first-order chi connectivity index (χ1) is 7.08. The van der Waals surface area contributed by atoms with Gasteiger partial charge < -0.3 is 10.2 Å². The molecule has 0 saturated heterocycles. The predicted molar refractivity (Wildman–Crippen MR) is 55.7 cm³/mol. The van der Waals surface area contributed by atoms with Crippen molar-refractivity contribution >= 4 is 16.9 Å². The van der Waals surface area contributed by atoms with Gasteiger partial charge in [0.05, 0.1) is 0 Å². The average molecular weight is 203 g/mol. The molecule has 2 N–H and O–H groups in total. The Hall–Kier alpha value is -2.10. The summed E-state index contributed by atoms with van der Waals surface area (Å²) in [4.78, 5) is 22.0. The number of amides is 1. The Morgan fingerprint density at radius 3 is 2.73 bits per heavy atom. The van der Waals surface area contributed by atoms with Crippen LogP contribution in [0.4, 0.5) is 0 Å². The molecule has 1 aromatic carbocycles. The third-order valence-electron chi connectivity index (χ3n) is 2.24. The van der Waals surface area contributed by atoms with Crippen molar-refractivity contribution in [2.75, 3.05) is 0 Å². The topological polar surface area (TPSA) is 73.3 Å². The molecule has 1 aromatic heterocycles. The molecule has 0 bridgehead atoms. The van der Waals surface area contributed by atoms with E-state index in [1.165, 1.54) is 12.1 Å². The van der Waals surface area contributed by atoms with Crippen LogP contribution in [-0.2, 0) is 0 Å². The highest BCUT2D eigenvalue weighted by Crippen LogP contribution is 2.17. The highest BCUT2D eigenvalue weighted by molar-refractivity contribution is 5.96.